The first-order valence-electron chi connectivity index (χ1n) is 5.40. The maximum atomic E-state index is 11.6. The standard InChI is InChI=1S/C12H11NO5.H2S/c14-9-6-7-10(15)13(9)18-12(17)11(16)8-4-2-1-3-5-8;/h1-5,11,16H,6-7H2;1H2/t11-;/m0./s1. The Morgan fingerprint density at radius 2 is 1.68 bits per heavy atom. The lowest BCUT2D eigenvalue weighted by atomic mass is 10.1. The first-order valence-corrected chi connectivity index (χ1v) is 5.40. The van der Waals surface area contributed by atoms with Crippen molar-refractivity contribution in [1.29, 1.82) is 0 Å². The third-order valence-electron chi connectivity index (χ3n) is 2.53. The Balaban J connectivity index is 0.00000180. The predicted molar refractivity (Wildman–Crippen MR) is 69.0 cm³/mol. The highest BCUT2D eigenvalue weighted by molar-refractivity contribution is 7.59. The summed E-state index contributed by atoms with van der Waals surface area (Å²) in [6, 6.07) is 8.12. The molecule has 1 aromatic rings. The fourth-order valence-corrected chi connectivity index (χ4v) is 1.57. The number of benzene rings is 1. The lowest BCUT2D eigenvalue weighted by Crippen LogP contribution is -2.34. The normalized spacial score (nSPS) is 15.9. The number of amides is 2. The van der Waals surface area contributed by atoms with Crippen LogP contribution in [0.1, 0.15) is 24.5 Å². The Morgan fingerprint density at radius 1 is 1.16 bits per heavy atom. The zero-order valence-corrected chi connectivity index (χ0v) is 10.9. The van der Waals surface area contributed by atoms with Crippen molar-refractivity contribution in [2.75, 3.05) is 0 Å². The summed E-state index contributed by atoms with van der Waals surface area (Å²) in [6.45, 7) is 0. The smallest absolute Gasteiger partial charge is 0.365 e. The second-order valence-electron chi connectivity index (χ2n) is 3.81. The molecule has 1 N–H and O–H groups in total. The summed E-state index contributed by atoms with van der Waals surface area (Å²) in [7, 11) is 0. The predicted octanol–water partition coefficient (Wildman–Crippen LogP) is 0.440. The highest BCUT2D eigenvalue weighted by atomic mass is 32.1. The number of aliphatic hydroxyl groups excluding tert-OH is 1. The average molecular weight is 283 g/mol. The molecule has 0 radical (unpaired) electrons. The molecule has 1 saturated heterocycles. The fraction of sp³-hybridized carbons (Fsp3) is 0.250. The fourth-order valence-electron chi connectivity index (χ4n) is 1.57. The minimum atomic E-state index is -1.52. The highest BCUT2D eigenvalue weighted by Gasteiger charge is 2.34. The third kappa shape index (κ3) is 3.33. The highest BCUT2D eigenvalue weighted by Crippen LogP contribution is 2.18. The van der Waals surface area contributed by atoms with Gasteiger partial charge in [-0.1, -0.05) is 30.3 Å². The molecule has 0 aromatic heterocycles. The SMILES string of the molecule is O=C(ON1C(=O)CCC1=O)[C@@H](O)c1ccccc1.S. The van der Waals surface area contributed by atoms with Gasteiger partial charge in [0, 0.05) is 12.8 Å². The summed E-state index contributed by atoms with van der Waals surface area (Å²) in [5.41, 5.74) is 0.335. The van der Waals surface area contributed by atoms with Gasteiger partial charge in [0.05, 0.1) is 0 Å². The van der Waals surface area contributed by atoms with E-state index in [-0.39, 0.29) is 26.3 Å². The lowest BCUT2D eigenvalue weighted by molar-refractivity contribution is -0.203. The molecule has 0 unspecified atom stereocenters. The number of hydrogen-bond acceptors (Lipinski definition) is 5. The Kier molecular flexibility index (Phi) is 5.08. The van der Waals surface area contributed by atoms with E-state index in [0.29, 0.717) is 10.6 Å². The Hall–Kier alpha value is -1.86. The molecule has 1 aliphatic rings. The van der Waals surface area contributed by atoms with Crippen molar-refractivity contribution in [3.05, 3.63) is 35.9 Å². The van der Waals surface area contributed by atoms with Crippen molar-refractivity contribution in [3.8, 4) is 0 Å². The number of nitrogens with zero attached hydrogens (tertiary/aromatic N) is 1. The molecule has 7 heteroatoms. The number of carbonyl (C=O) groups is 3. The van der Waals surface area contributed by atoms with E-state index in [1.54, 1.807) is 30.3 Å². The van der Waals surface area contributed by atoms with Gasteiger partial charge in [-0.25, -0.2) is 4.79 Å². The second kappa shape index (κ2) is 6.35. The van der Waals surface area contributed by atoms with Crippen molar-refractivity contribution < 1.29 is 24.3 Å². The molecule has 0 aliphatic carbocycles. The van der Waals surface area contributed by atoms with E-state index in [0.717, 1.165) is 0 Å². The molecule has 1 heterocycles. The summed E-state index contributed by atoms with van der Waals surface area (Å²) in [5, 5.41) is 10.1. The number of hydroxylamine groups is 2. The Bertz CT molecular complexity index is 474. The Morgan fingerprint density at radius 3 is 2.21 bits per heavy atom. The van der Waals surface area contributed by atoms with Gasteiger partial charge >= 0.3 is 5.97 Å². The van der Waals surface area contributed by atoms with E-state index in [2.05, 4.69) is 4.84 Å². The van der Waals surface area contributed by atoms with Crippen LogP contribution in [0.4, 0.5) is 0 Å². The first kappa shape index (κ1) is 15.2. The van der Waals surface area contributed by atoms with Crippen molar-refractivity contribution in [2.45, 2.75) is 18.9 Å². The molecule has 1 aromatic carbocycles. The summed E-state index contributed by atoms with van der Waals surface area (Å²) in [6.07, 6.45) is -1.48. The van der Waals surface area contributed by atoms with Gasteiger partial charge in [0.1, 0.15) is 0 Å². The summed E-state index contributed by atoms with van der Waals surface area (Å²) >= 11 is 0. The third-order valence-corrected chi connectivity index (χ3v) is 2.53. The zero-order chi connectivity index (χ0) is 13.1. The first-order chi connectivity index (χ1) is 8.59. The van der Waals surface area contributed by atoms with Gasteiger partial charge in [-0.3, -0.25) is 9.59 Å². The topological polar surface area (TPSA) is 83.9 Å². The monoisotopic (exact) mass is 283 g/mol. The van der Waals surface area contributed by atoms with Crippen LogP contribution in [-0.4, -0.2) is 28.0 Å². The van der Waals surface area contributed by atoms with Crippen LogP contribution >= 0.6 is 13.5 Å². The Labute approximate surface area is 116 Å². The molecule has 1 aliphatic heterocycles. The molecule has 6 nitrogen and oxygen atoms in total. The molecule has 1 atom stereocenters. The average Bonchev–Trinajstić information content (AvgIpc) is 2.70. The molecule has 102 valence electrons. The number of aliphatic hydroxyl groups is 1. The summed E-state index contributed by atoms with van der Waals surface area (Å²) in [5.74, 6) is -2.20. The van der Waals surface area contributed by atoms with Crippen molar-refractivity contribution in [3.63, 3.8) is 0 Å². The largest absolute Gasteiger partial charge is 0.377 e. The van der Waals surface area contributed by atoms with Crippen LogP contribution in [0.25, 0.3) is 0 Å². The summed E-state index contributed by atoms with van der Waals surface area (Å²) < 4.78 is 0. The van der Waals surface area contributed by atoms with Crippen molar-refractivity contribution >= 4 is 31.3 Å². The van der Waals surface area contributed by atoms with Gasteiger partial charge in [-0.2, -0.15) is 13.5 Å². The van der Waals surface area contributed by atoms with Crippen LogP contribution in [0.2, 0.25) is 0 Å². The van der Waals surface area contributed by atoms with Gasteiger partial charge in [0.2, 0.25) is 0 Å². The summed E-state index contributed by atoms with van der Waals surface area (Å²) in [4.78, 5) is 38.6. The van der Waals surface area contributed by atoms with E-state index in [1.807, 2.05) is 0 Å². The maximum Gasteiger partial charge on any atom is 0.365 e. The van der Waals surface area contributed by atoms with E-state index in [9.17, 15) is 19.5 Å². The molecule has 0 saturated carbocycles. The van der Waals surface area contributed by atoms with Crippen molar-refractivity contribution in [2.24, 2.45) is 0 Å². The van der Waals surface area contributed by atoms with Crippen LogP contribution in [-0.2, 0) is 19.2 Å². The van der Waals surface area contributed by atoms with Crippen LogP contribution in [0.3, 0.4) is 0 Å². The molecular formula is C12H13NO5S. The minimum Gasteiger partial charge on any atom is -0.377 e. The van der Waals surface area contributed by atoms with Gasteiger partial charge in [0.15, 0.2) is 6.10 Å². The van der Waals surface area contributed by atoms with Crippen LogP contribution in [0.15, 0.2) is 30.3 Å². The van der Waals surface area contributed by atoms with E-state index >= 15 is 0 Å². The molecule has 2 amide bonds. The quantitative estimate of drug-likeness (QED) is 0.814. The molecule has 1 fully saturated rings. The molecule has 0 bridgehead atoms. The van der Waals surface area contributed by atoms with E-state index < -0.39 is 23.9 Å². The number of carbonyl (C=O) groups excluding carboxylic acids is 3. The van der Waals surface area contributed by atoms with Crippen LogP contribution in [0, 0.1) is 0 Å². The second-order valence-corrected chi connectivity index (χ2v) is 3.81. The number of imide groups is 1. The maximum absolute atomic E-state index is 11.6. The van der Waals surface area contributed by atoms with Gasteiger partial charge in [-0.15, -0.1) is 5.06 Å². The van der Waals surface area contributed by atoms with Gasteiger partial charge in [0.25, 0.3) is 11.8 Å². The van der Waals surface area contributed by atoms with Crippen LogP contribution in [0.5, 0.6) is 0 Å². The molecule has 19 heavy (non-hydrogen) atoms. The zero-order valence-electron chi connectivity index (χ0n) is 9.91. The molecular weight excluding hydrogens is 270 g/mol. The van der Waals surface area contributed by atoms with E-state index in [1.165, 1.54) is 0 Å². The molecule has 2 rings (SSSR count). The van der Waals surface area contributed by atoms with Gasteiger partial charge < -0.3 is 9.94 Å². The lowest BCUT2D eigenvalue weighted by Gasteiger charge is -2.15. The van der Waals surface area contributed by atoms with Crippen molar-refractivity contribution in [1.82, 2.24) is 5.06 Å². The number of hydrogen-bond donors (Lipinski definition) is 1. The minimum absolute atomic E-state index is 0. The number of rotatable bonds is 3. The molecule has 0 spiro atoms. The van der Waals surface area contributed by atoms with Gasteiger partial charge in [-0.05, 0) is 5.56 Å². The van der Waals surface area contributed by atoms with Crippen LogP contribution < -0.4 is 0 Å². The van der Waals surface area contributed by atoms with E-state index in [4.69, 9.17) is 0 Å².